The van der Waals surface area contributed by atoms with Crippen LogP contribution in [0.3, 0.4) is 0 Å². The minimum atomic E-state index is -0.0726. The molecule has 0 saturated heterocycles. The number of carbonyl (C=O) groups excluding carboxylic acids is 1. The maximum atomic E-state index is 12.5. The van der Waals surface area contributed by atoms with E-state index in [1.54, 1.807) is 11.8 Å². The molecule has 8 heteroatoms. The molecule has 1 aliphatic heterocycles. The minimum Gasteiger partial charge on any atom is -0.496 e. The molecule has 0 spiro atoms. The third-order valence-electron chi connectivity index (χ3n) is 5.44. The number of fused-ring (bicyclic) bond motifs is 2. The molecule has 1 aliphatic rings. The smallest absolute Gasteiger partial charge is 0.226 e. The molecule has 4 aromatic rings. The fraction of sp³-hybridized carbons (Fsp3) is 0.238. The van der Waals surface area contributed by atoms with Gasteiger partial charge in [-0.25, -0.2) is 9.36 Å². The first-order valence-corrected chi connectivity index (χ1v) is 9.41. The topological polar surface area (TPSA) is 86.9 Å². The standard InChI is InChI=1S/C21H20N6O2/c1-26-18-8-7-13(9-17(18)24-25-26)15-10-20(28)23-21-16(15)11-22-27(21)12-14-5-3-4-6-19(14)29-2/h3-9,11,15H,10,12H2,1-2H3,(H,23,28)/t15-/m0/s1. The Morgan fingerprint density at radius 1 is 1.24 bits per heavy atom. The van der Waals surface area contributed by atoms with Gasteiger partial charge in [0.25, 0.3) is 0 Å². The highest BCUT2D eigenvalue weighted by atomic mass is 16.5. The first-order valence-electron chi connectivity index (χ1n) is 9.41. The summed E-state index contributed by atoms with van der Waals surface area (Å²) in [5.74, 6) is 1.43. The van der Waals surface area contributed by atoms with Gasteiger partial charge in [-0.15, -0.1) is 5.10 Å². The van der Waals surface area contributed by atoms with Crippen LogP contribution in [0.4, 0.5) is 5.82 Å². The summed E-state index contributed by atoms with van der Waals surface area (Å²) < 4.78 is 9.01. The number of anilines is 1. The zero-order valence-corrected chi connectivity index (χ0v) is 16.2. The molecule has 1 amide bonds. The number of methoxy groups -OCH3 is 1. The summed E-state index contributed by atoms with van der Waals surface area (Å²) in [6, 6.07) is 13.9. The first kappa shape index (κ1) is 17.4. The van der Waals surface area contributed by atoms with Gasteiger partial charge in [0.1, 0.15) is 17.1 Å². The average Bonchev–Trinajstić information content (AvgIpc) is 3.31. The third-order valence-corrected chi connectivity index (χ3v) is 5.44. The molecule has 2 aromatic carbocycles. The van der Waals surface area contributed by atoms with Crippen LogP contribution in [0.15, 0.2) is 48.7 Å². The Morgan fingerprint density at radius 3 is 2.97 bits per heavy atom. The van der Waals surface area contributed by atoms with E-state index in [9.17, 15) is 4.79 Å². The Kier molecular flexibility index (Phi) is 4.04. The number of hydrogen-bond donors (Lipinski definition) is 1. The van der Waals surface area contributed by atoms with Crippen LogP contribution in [0.5, 0.6) is 5.75 Å². The number of aromatic nitrogens is 5. The summed E-state index contributed by atoms with van der Waals surface area (Å²) in [6.45, 7) is 0.509. The largest absolute Gasteiger partial charge is 0.496 e. The lowest BCUT2D eigenvalue weighted by Crippen LogP contribution is -2.25. The fourth-order valence-corrected chi connectivity index (χ4v) is 3.96. The van der Waals surface area contributed by atoms with Crippen LogP contribution in [-0.4, -0.2) is 37.8 Å². The molecular formula is C21H20N6O2. The number of carbonyl (C=O) groups is 1. The van der Waals surface area contributed by atoms with Gasteiger partial charge in [-0.1, -0.05) is 29.5 Å². The van der Waals surface area contributed by atoms with Gasteiger partial charge in [-0.2, -0.15) is 5.10 Å². The van der Waals surface area contributed by atoms with Crippen molar-refractivity contribution in [2.45, 2.75) is 18.9 Å². The van der Waals surface area contributed by atoms with Crippen LogP contribution < -0.4 is 10.1 Å². The van der Waals surface area contributed by atoms with Crippen molar-refractivity contribution < 1.29 is 9.53 Å². The van der Waals surface area contributed by atoms with E-state index < -0.39 is 0 Å². The molecule has 29 heavy (non-hydrogen) atoms. The van der Waals surface area contributed by atoms with Gasteiger partial charge in [-0.3, -0.25) is 4.79 Å². The molecule has 1 N–H and O–H groups in total. The third kappa shape index (κ3) is 2.93. The molecule has 0 unspecified atom stereocenters. The number of rotatable bonds is 4. The predicted molar refractivity (Wildman–Crippen MR) is 108 cm³/mol. The summed E-state index contributed by atoms with van der Waals surface area (Å²) in [5.41, 5.74) is 4.81. The molecule has 0 radical (unpaired) electrons. The molecule has 0 fully saturated rings. The lowest BCUT2D eigenvalue weighted by atomic mass is 9.87. The zero-order chi connectivity index (χ0) is 20.0. The maximum Gasteiger partial charge on any atom is 0.226 e. The van der Waals surface area contributed by atoms with E-state index in [-0.39, 0.29) is 11.8 Å². The molecule has 146 valence electrons. The summed E-state index contributed by atoms with van der Waals surface area (Å²) in [5, 5.41) is 15.8. The van der Waals surface area contributed by atoms with Crippen molar-refractivity contribution in [2.75, 3.05) is 12.4 Å². The van der Waals surface area contributed by atoms with Crippen LogP contribution in [0.1, 0.15) is 29.0 Å². The van der Waals surface area contributed by atoms with Crippen molar-refractivity contribution in [3.05, 3.63) is 65.4 Å². The van der Waals surface area contributed by atoms with Crippen LogP contribution in [0.25, 0.3) is 11.0 Å². The van der Waals surface area contributed by atoms with Crippen molar-refractivity contribution in [2.24, 2.45) is 7.05 Å². The molecule has 0 aliphatic carbocycles. The highest BCUT2D eigenvalue weighted by molar-refractivity contribution is 5.94. The Balaban J connectivity index is 1.54. The van der Waals surface area contributed by atoms with Crippen molar-refractivity contribution in [1.29, 1.82) is 0 Å². The first-order chi connectivity index (χ1) is 14.1. The molecule has 2 aromatic heterocycles. The molecule has 1 atom stereocenters. The summed E-state index contributed by atoms with van der Waals surface area (Å²) in [7, 11) is 3.51. The highest BCUT2D eigenvalue weighted by Gasteiger charge is 2.30. The summed E-state index contributed by atoms with van der Waals surface area (Å²) in [4.78, 5) is 12.5. The van der Waals surface area contributed by atoms with E-state index >= 15 is 0 Å². The Labute approximate surface area is 167 Å². The highest BCUT2D eigenvalue weighted by Crippen LogP contribution is 2.38. The SMILES string of the molecule is COc1ccccc1Cn1ncc2c1NC(=O)C[C@H]2c1ccc2c(c1)nnn2C. The normalized spacial score (nSPS) is 15.9. The quantitative estimate of drug-likeness (QED) is 0.581. The number of para-hydroxylation sites is 1. The lowest BCUT2D eigenvalue weighted by Gasteiger charge is -2.24. The second kappa shape index (κ2) is 6.73. The number of nitrogens with zero attached hydrogens (tertiary/aromatic N) is 5. The average molecular weight is 388 g/mol. The number of nitrogens with one attached hydrogen (secondary N) is 1. The van der Waals surface area contributed by atoms with Gasteiger partial charge in [0.2, 0.25) is 5.91 Å². The van der Waals surface area contributed by atoms with E-state index in [4.69, 9.17) is 4.74 Å². The van der Waals surface area contributed by atoms with Gasteiger partial charge >= 0.3 is 0 Å². The Hall–Kier alpha value is -3.68. The molecular weight excluding hydrogens is 368 g/mol. The van der Waals surface area contributed by atoms with E-state index in [2.05, 4.69) is 20.7 Å². The van der Waals surface area contributed by atoms with Crippen molar-refractivity contribution in [3.8, 4) is 5.75 Å². The van der Waals surface area contributed by atoms with E-state index in [1.165, 1.54) is 0 Å². The van der Waals surface area contributed by atoms with Crippen molar-refractivity contribution in [1.82, 2.24) is 24.8 Å². The molecule has 5 rings (SSSR count). The Bertz CT molecular complexity index is 1230. The van der Waals surface area contributed by atoms with Crippen LogP contribution in [0.2, 0.25) is 0 Å². The number of benzene rings is 2. The minimum absolute atomic E-state index is 0.0245. The lowest BCUT2D eigenvalue weighted by molar-refractivity contribution is -0.116. The summed E-state index contributed by atoms with van der Waals surface area (Å²) in [6.07, 6.45) is 2.22. The second-order valence-corrected chi connectivity index (χ2v) is 7.18. The van der Waals surface area contributed by atoms with Crippen molar-refractivity contribution >= 4 is 22.8 Å². The number of amides is 1. The molecule has 0 saturated carbocycles. The van der Waals surface area contributed by atoms with Gasteiger partial charge in [0, 0.05) is 30.5 Å². The monoisotopic (exact) mass is 388 g/mol. The zero-order valence-electron chi connectivity index (χ0n) is 16.2. The van der Waals surface area contributed by atoms with Gasteiger partial charge < -0.3 is 10.1 Å². The van der Waals surface area contributed by atoms with Crippen LogP contribution in [-0.2, 0) is 18.4 Å². The molecule has 0 bridgehead atoms. The second-order valence-electron chi connectivity index (χ2n) is 7.18. The fourth-order valence-electron chi connectivity index (χ4n) is 3.96. The number of hydrogen-bond acceptors (Lipinski definition) is 5. The van der Waals surface area contributed by atoms with Gasteiger partial charge in [0.05, 0.1) is 25.4 Å². The maximum absolute atomic E-state index is 12.5. The predicted octanol–water partition coefficient (Wildman–Crippen LogP) is 2.70. The van der Waals surface area contributed by atoms with Gasteiger partial charge in [-0.05, 0) is 23.8 Å². The molecule has 3 heterocycles. The summed E-state index contributed by atoms with van der Waals surface area (Å²) >= 11 is 0. The van der Waals surface area contributed by atoms with Crippen molar-refractivity contribution in [3.63, 3.8) is 0 Å². The van der Waals surface area contributed by atoms with E-state index in [0.29, 0.717) is 13.0 Å². The van der Waals surface area contributed by atoms with Crippen LogP contribution >= 0.6 is 0 Å². The number of ether oxygens (including phenoxy) is 1. The van der Waals surface area contributed by atoms with E-state index in [0.717, 1.165) is 39.3 Å². The van der Waals surface area contributed by atoms with Gasteiger partial charge in [0.15, 0.2) is 0 Å². The Morgan fingerprint density at radius 2 is 2.10 bits per heavy atom. The van der Waals surface area contributed by atoms with E-state index in [1.807, 2.05) is 60.4 Å². The number of aryl methyl sites for hydroxylation is 1. The molecule has 8 nitrogen and oxygen atoms in total. The van der Waals surface area contributed by atoms with Crippen LogP contribution in [0, 0.1) is 0 Å².